The van der Waals surface area contributed by atoms with Crippen LogP contribution in [0.4, 0.5) is 4.79 Å². The molecule has 8 atom stereocenters. The number of guanidine groups is 1. The van der Waals surface area contributed by atoms with Crippen molar-refractivity contribution in [3.63, 3.8) is 0 Å². The molecule has 0 aliphatic carbocycles. The smallest absolute Gasteiger partial charge is 0.312 e. The molecule has 0 spiro atoms. The maximum absolute atomic E-state index is 14.1. The molecule has 0 fully saturated rings. The highest BCUT2D eigenvalue weighted by Crippen LogP contribution is 2.13. The number of urea groups is 1. The van der Waals surface area contributed by atoms with Crippen molar-refractivity contribution in [1.82, 2.24) is 63.8 Å². The maximum Gasteiger partial charge on any atom is 0.312 e. The number of carbonyl (C=O) groups is 13. The van der Waals surface area contributed by atoms with Crippen molar-refractivity contribution in [2.75, 3.05) is 19.6 Å². The SMILES string of the molecule is CC[C@H](NC(=O)[C@H](C)NC(=O)[C@H](CC(C)C)NC(=O)[C@H](CC(=O)O)NC(=O)CNC(=O)[C@H](CCCN=C(N)N)NC(C)=O)C(=O)N[C@@H](CC(C)C)C(=O)N[C@@H](CCCNC(N)=O)C(=O)NC(C)(C)C(=O)N[C@@H](CC(C)C)C(=O)NC(C)C. The van der Waals surface area contributed by atoms with Gasteiger partial charge in [0.05, 0.1) is 13.0 Å². The summed E-state index contributed by atoms with van der Waals surface area (Å²) in [5.41, 5.74) is 14.2. The molecule has 466 valence electrons. The summed E-state index contributed by atoms with van der Waals surface area (Å²) in [6.45, 7) is 20.6. The van der Waals surface area contributed by atoms with Crippen molar-refractivity contribution in [2.45, 2.75) is 208 Å². The molecule has 0 rings (SSSR count). The number of nitrogens with zero attached hydrogens (tertiary/aromatic N) is 1. The van der Waals surface area contributed by atoms with Gasteiger partial charge in [0.25, 0.3) is 0 Å². The van der Waals surface area contributed by atoms with Crippen molar-refractivity contribution in [1.29, 1.82) is 0 Å². The number of carboxylic acid groups (broad SMARTS) is 1. The fourth-order valence-electron chi connectivity index (χ4n) is 7.85. The fourth-order valence-corrected chi connectivity index (χ4v) is 7.85. The first kappa shape index (κ1) is 74.2. The highest BCUT2D eigenvalue weighted by atomic mass is 16.4. The summed E-state index contributed by atoms with van der Waals surface area (Å²) in [5, 5.41) is 39.9. The standard InChI is InChI=1S/C52H94N16O14/c1-14-32(43(75)65-36(22-27(4)5)46(78)64-34(18-16-20-57-51(55)82)48(80)68-52(12,13)49(81)67-37(23-28(6)7)44(76)59-29(8)9)63-41(73)30(10)60-45(77)35(21-26(2)3)66-47(79)38(24-40(71)72)62-39(70)25-58-42(74)33(61-31(11)69)17-15-19-56-50(53)54/h26-30,32-38H,14-25H2,1-13H3,(H,58,74)(H,59,76)(H,60,77)(H,61,69)(H,62,70)(H,63,73)(H,64,78)(H,65,75)(H,66,79)(H,67,81)(H,68,80)(H,71,72)(H4,53,54,56)(H3,55,57,82)/t30-,32-,33-,34-,35-,36-,37-,38-/m0/s1. The Morgan fingerprint density at radius 1 is 0.500 bits per heavy atom. The van der Waals surface area contributed by atoms with Gasteiger partial charge in [0, 0.05) is 26.1 Å². The number of aliphatic imine (C=N–C) groups is 1. The molecule has 30 nitrogen and oxygen atoms in total. The van der Waals surface area contributed by atoms with E-state index in [-0.39, 0.29) is 87.8 Å². The summed E-state index contributed by atoms with van der Waals surface area (Å²) in [6.07, 6.45) is -0.199. The first-order valence-corrected chi connectivity index (χ1v) is 27.6. The van der Waals surface area contributed by atoms with Gasteiger partial charge in [0.2, 0.25) is 65.0 Å². The predicted octanol–water partition coefficient (Wildman–Crippen LogP) is -3.03. The van der Waals surface area contributed by atoms with Crippen LogP contribution in [0, 0.1) is 17.8 Å². The number of amides is 13. The lowest BCUT2D eigenvalue weighted by Crippen LogP contribution is -2.63. The number of nitrogens with two attached hydrogens (primary N) is 3. The normalized spacial score (nSPS) is 14.2. The van der Waals surface area contributed by atoms with Crippen LogP contribution in [0.1, 0.15) is 148 Å². The third-order valence-electron chi connectivity index (χ3n) is 11.9. The zero-order valence-electron chi connectivity index (χ0n) is 49.8. The first-order valence-electron chi connectivity index (χ1n) is 27.6. The second-order valence-corrected chi connectivity index (χ2v) is 22.1. The molecule has 0 saturated heterocycles. The van der Waals surface area contributed by atoms with Crippen molar-refractivity contribution in [3.05, 3.63) is 0 Å². The van der Waals surface area contributed by atoms with Crippen LogP contribution in [0.2, 0.25) is 0 Å². The van der Waals surface area contributed by atoms with E-state index in [1.807, 2.05) is 13.8 Å². The molecule has 13 amide bonds. The van der Waals surface area contributed by atoms with E-state index >= 15 is 0 Å². The molecular formula is C52H94N16O14. The molecule has 0 unspecified atom stereocenters. The Labute approximate surface area is 480 Å². The van der Waals surface area contributed by atoms with Gasteiger partial charge in [-0.2, -0.15) is 0 Å². The molecule has 0 aliphatic rings. The van der Waals surface area contributed by atoms with E-state index in [2.05, 4.69) is 68.8 Å². The zero-order valence-corrected chi connectivity index (χ0v) is 49.8. The minimum Gasteiger partial charge on any atom is -0.481 e. The summed E-state index contributed by atoms with van der Waals surface area (Å²) in [4.78, 5) is 174. The van der Waals surface area contributed by atoms with E-state index in [9.17, 15) is 67.4 Å². The van der Waals surface area contributed by atoms with E-state index in [0.29, 0.717) is 6.42 Å². The minimum atomic E-state index is -1.75. The Morgan fingerprint density at radius 2 is 0.951 bits per heavy atom. The van der Waals surface area contributed by atoms with Gasteiger partial charge in [0.1, 0.15) is 53.9 Å². The monoisotopic (exact) mass is 1170 g/mol. The van der Waals surface area contributed by atoms with E-state index in [1.165, 1.54) is 27.7 Å². The molecule has 0 radical (unpaired) electrons. The molecule has 0 aromatic heterocycles. The first-order chi connectivity index (χ1) is 38.0. The van der Waals surface area contributed by atoms with E-state index in [0.717, 1.165) is 0 Å². The van der Waals surface area contributed by atoms with Gasteiger partial charge in [-0.3, -0.25) is 62.5 Å². The van der Waals surface area contributed by atoms with Crippen LogP contribution in [0.3, 0.4) is 0 Å². The van der Waals surface area contributed by atoms with Gasteiger partial charge in [-0.25, -0.2) is 4.79 Å². The summed E-state index contributed by atoms with van der Waals surface area (Å²) < 4.78 is 0. The molecule has 19 N–H and O–H groups in total. The highest BCUT2D eigenvalue weighted by molar-refractivity contribution is 5.99. The van der Waals surface area contributed by atoms with Gasteiger partial charge in [-0.1, -0.05) is 48.5 Å². The number of primary amides is 1. The van der Waals surface area contributed by atoms with Gasteiger partial charge < -0.3 is 86.1 Å². The van der Waals surface area contributed by atoms with Crippen molar-refractivity contribution < 1.29 is 67.4 Å². The highest BCUT2D eigenvalue weighted by Gasteiger charge is 2.37. The molecule has 0 heterocycles. The largest absolute Gasteiger partial charge is 0.481 e. The lowest BCUT2D eigenvalue weighted by Gasteiger charge is -2.31. The Bertz CT molecular complexity index is 2240. The molecule has 0 saturated carbocycles. The number of aliphatic carboxylic acids is 1. The number of hydrogen-bond donors (Lipinski definition) is 16. The van der Waals surface area contributed by atoms with Crippen LogP contribution in [-0.4, -0.2) is 168 Å². The van der Waals surface area contributed by atoms with Crippen LogP contribution in [0.5, 0.6) is 0 Å². The second-order valence-electron chi connectivity index (χ2n) is 22.1. The number of nitrogens with one attached hydrogen (secondary N) is 12. The van der Waals surface area contributed by atoms with Gasteiger partial charge in [-0.05, 0) is 104 Å². The third kappa shape index (κ3) is 31.2. The van der Waals surface area contributed by atoms with E-state index in [4.69, 9.17) is 17.2 Å². The molecule has 0 aliphatic heterocycles. The molecule has 30 heteroatoms. The van der Waals surface area contributed by atoms with Crippen LogP contribution in [0.25, 0.3) is 0 Å². The Kier molecular flexibility index (Phi) is 33.7. The topological polar surface area (TPSA) is 477 Å². The average molecular weight is 1170 g/mol. The molecule has 0 aromatic carbocycles. The van der Waals surface area contributed by atoms with Crippen molar-refractivity contribution >= 4 is 82.9 Å². The van der Waals surface area contributed by atoms with Gasteiger partial charge >= 0.3 is 12.0 Å². The molecule has 82 heavy (non-hydrogen) atoms. The van der Waals surface area contributed by atoms with Crippen LogP contribution < -0.4 is 81.0 Å². The Hall–Kier alpha value is -7.82. The van der Waals surface area contributed by atoms with Crippen LogP contribution in [0.15, 0.2) is 4.99 Å². The fraction of sp³-hybridized carbons (Fsp3) is 0.731. The van der Waals surface area contributed by atoms with Crippen LogP contribution >= 0.6 is 0 Å². The maximum atomic E-state index is 14.1. The lowest BCUT2D eigenvalue weighted by molar-refractivity contribution is -0.141. The lowest BCUT2D eigenvalue weighted by atomic mass is 9.98. The summed E-state index contributed by atoms with van der Waals surface area (Å²) in [7, 11) is 0. The summed E-state index contributed by atoms with van der Waals surface area (Å²) in [5.74, 6) is -10.7. The summed E-state index contributed by atoms with van der Waals surface area (Å²) >= 11 is 0. The molecular weight excluding hydrogens is 1070 g/mol. The van der Waals surface area contributed by atoms with Crippen LogP contribution in [-0.2, 0) is 57.5 Å². The van der Waals surface area contributed by atoms with E-state index in [1.54, 1.807) is 48.5 Å². The summed E-state index contributed by atoms with van der Waals surface area (Å²) in [6, 6.07) is -11.4. The molecule has 0 aromatic rings. The van der Waals surface area contributed by atoms with E-state index < -0.39 is 144 Å². The Morgan fingerprint density at radius 3 is 1.43 bits per heavy atom. The number of hydrogen-bond acceptors (Lipinski definition) is 14. The number of rotatable bonds is 38. The van der Waals surface area contributed by atoms with Crippen molar-refractivity contribution in [2.24, 2.45) is 39.9 Å². The zero-order chi connectivity index (χ0) is 63.2. The minimum absolute atomic E-state index is 0.0105. The second kappa shape index (κ2) is 37.2. The quantitative estimate of drug-likeness (QED) is 0.0166. The Balaban J connectivity index is 6.27. The van der Waals surface area contributed by atoms with Crippen molar-refractivity contribution in [3.8, 4) is 0 Å². The number of carboxylic acids is 1. The predicted molar refractivity (Wildman–Crippen MR) is 303 cm³/mol. The van der Waals surface area contributed by atoms with Gasteiger partial charge in [0.15, 0.2) is 5.96 Å². The van der Waals surface area contributed by atoms with Gasteiger partial charge in [-0.15, -0.1) is 0 Å². The third-order valence-corrected chi connectivity index (χ3v) is 11.9. The average Bonchev–Trinajstić information content (AvgIpc) is 3.37. The number of carbonyl (C=O) groups excluding carboxylic acids is 12. The molecule has 0 bridgehead atoms.